The van der Waals surface area contributed by atoms with Crippen LogP contribution >= 0.6 is 27.5 Å². The van der Waals surface area contributed by atoms with Crippen molar-refractivity contribution >= 4 is 37.6 Å². The molecule has 5 nitrogen and oxygen atoms in total. The van der Waals surface area contributed by atoms with Gasteiger partial charge in [-0.15, -0.1) is 0 Å². The molecule has 0 fully saturated rings. The molecule has 0 aliphatic heterocycles. The summed E-state index contributed by atoms with van der Waals surface area (Å²) in [6.07, 6.45) is 1.44. The van der Waals surface area contributed by atoms with Gasteiger partial charge in [-0.2, -0.15) is 0 Å². The maximum absolute atomic E-state index is 12.0. The van der Waals surface area contributed by atoms with Gasteiger partial charge in [0.1, 0.15) is 4.90 Å². The number of halogens is 2. The number of hydrogen-bond acceptors (Lipinski definition) is 4. The lowest BCUT2D eigenvalue weighted by molar-refractivity contribution is 0.380. The fraction of sp³-hybridized carbons (Fsp3) is 0.100. The third-order valence-electron chi connectivity index (χ3n) is 2.11. The Kier molecular flexibility index (Phi) is 4.06. The Bertz CT molecular complexity index is 643. The van der Waals surface area contributed by atoms with Gasteiger partial charge >= 0.3 is 0 Å². The number of sulfonamides is 1. The largest absolute Gasteiger partial charge is 0.360 e. The molecule has 96 valence electrons. The van der Waals surface area contributed by atoms with Crippen LogP contribution in [-0.4, -0.2) is 13.6 Å². The fourth-order valence-electron chi connectivity index (χ4n) is 1.27. The van der Waals surface area contributed by atoms with E-state index < -0.39 is 10.0 Å². The Balaban J connectivity index is 2.20. The standard InChI is InChI=1S/C10H8BrClN2O3S/c11-7-1-2-10(9(12)5-7)18(15,16)14-6-8-3-4-13-17-8/h1-5,14H,6H2. The van der Waals surface area contributed by atoms with Gasteiger partial charge in [-0.3, -0.25) is 0 Å². The highest BCUT2D eigenvalue weighted by Gasteiger charge is 2.18. The number of nitrogens with one attached hydrogen (secondary N) is 1. The highest BCUT2D eigenvalue weighted by molar-refractivity contribution is 9.10. The topological polar surface area (TPSA) is 72.2 Å². The summed E-state index contributed by atoms with van der Waals surface area (Å²) in [5.74, 6) is 0.423. The average molecular weight is 352 g/mol. The second-order valence-electron chi connectivity index (χ2n) is 3.38. The normalized spacial score (nSPS) is 11.7. The van der Waals surface area contributed by atoms with Crippen LogP contribution < -0.4 is 4.72 Å². The van der Waals surface area contributed by atoms with Crippen LogP contribution in [0.2, 0.25) is 5.02 Å². The fourth-order valence-corrected chi connectivity index (χ4v) is 3.30. The van der Waals surface area contributed by atoms with Gasteiger partial charge in [0.05, 0.1) is 17.8 Å². The van der Waals surface area contributed by atoms with E-state index in [-0.39, 0.29) is 16.5 Å². The van der Waals surface area contributed by atoms with Gasteiger partial charge in [-0.1, -0.05) is 32.7 Å². The molecule has 2 aromatic rings. The monoisotopic (exact) mass is 350 g/mol. The Morgan fingerprint density at radius 2 is 2.17 bits per heavy atom. The van der Waals surface area contributed by atoms with Crippen molar-refractivity contribution in [3.63, 3.8) is 0 Å². The molecule has 0 spiro atoms. The predicted molar refractivity (Wildman–Crippen MR) is 69.7 cm³/mol. The van der Waals surface area contributed by atoms with Crippen LogP contribution in [0.25, 0.3) is 0 Å². The van der Waals surface area contributed by atoms with Crippen molar-refractivity contribution in [3.8, 4) is 0 Å². The number of benzene rings is 1. The molecule has 0 amide bonds. The molecule has 0 unspecified atom stereocenters. The zero-order valence-electron chi connectivity index (χ0n) is 8.93. The van der Waals surface area contributed by atoms with Crippen LogP contribution in [0.5, 0.6) is 0 Å². The quantitative estimate of drug-likeness (QED) is 0.919. The van der Waals surface area contributed by atoms with E-state index in [1.54, 1.807) is 12.1 Å². The second kappa shape index (κ2) is 5.40. The molecule has 1 aromatic heterocycles. The average Bonchev–Trinajstić information content (AvgIpc) is 2.78. The molecule has 0 radical (unpaired) electrons. The lowest BCUT2D eigenvalue weighted by atomic mass is 10.4. The van der Waals surface area contributed by atoms with Gasteiger partial charge in [-0.25, -0.2) is 13.1 Å². The first-order chi connectivity index (χ1) is 8.49. The van der Waals surface area contributed by atoms with Gasteiger partial charge in [-0.05, 0) is 18.2 Å². The van der Waals surface area contributed by atoms with Crippen molar-refractivity contribution in [1.29, 1.82) is 0 Å². The summed E-state index contributed by atoms with van der Waals surface area (Å²) in [6.45, 7) is 0.0225. The summed E-state index contributed by atoms with van der Waals surface area (Å²) in [4.78, 5) is 0.0203. The summed E-state index contributed by atoms with van der Waals surface area (Å²) in [5, 5.41) is 3.63. The van der Waals surface area contributed by atoms with Crippen molar-refractivity contribution in [1.82, 2.24) is 9.88 Å². The first kappa shape index (κ1) is 13.5. The molecule has 18 heavy (non-hydrogen) atoms. The maximum Gasteiger partial charge on any atom is 0.242 e. The van der Waals surface area contributed by atoms with Gasteiger partial charge < -0.3 is 4.52 Å². The number of nitrogens with zero attached hydrogens (tertiary/aromatic N) is 1. The summed E-state index contributed by atoms with van der Waals surface area (Å²) >= 11 is 9.10. The van der Waals surface area contributed by atoms with Gasteiger partial charge in [0.15, 0.2) is 5.76 Å². The molecule has 0 saturated carbocycles. The van der Waals surface area contributed by atoms with Crippen molar-refractivity contribution in [3.05, 3.63) is 45.7 Å². The Morgan fingerprint density at radius 1 is 1.39 bits per heavy atom. The minimum absolute atomic E-state index is 0.0203. The van der Waals surface area contributed by atoms with E-state index in [1.165, 1.54) is 18.3 Å². The minimum Gasteiger partial charge on any atom is -0.360 e. The smallest absolute Gasteiger partial charge is 0.242 e. The Hall–Kier alpha value is -0.890. The van der Waals surface area contributed by atoms with E-state index in [0.29, 0.717) is 10.2 Å². The number of aromatic nitrogens is 1. The lowest BCUT2D eigenvalue weighted by Crippen LogP contribution is -2.23. The molecule has 2 rings (SSSR count). The zero-order chi connectivity index (χ0) is 13.2. The highest BCUT2D eigenvalue weighted by atomic mass is 79.9. The van der Waals surface area contributed by atoms with Crippen LogP contribution in [0, 0.1) is 0 Å². The maximum atomic E-state index is 12.0. The lowest BCUT2D eigenvalue weighted by Gasteiger charge is -2.07. The molecule has 1 aromatic carbocycles. The molecule has 0 bridgehead atoms. The molecular weight excluding hydrogens is 344 g/mol. The van der Waals surface area contributed by atoms with Crippen LogP contribution in [0.15, 0.2) is 44.4 Å². The van der Waals surface area contributed by atoms with E-state index in [9.17, 15) is 8.42 Å². The van der Waals surface area contributed by atoms with E-state index in [2.05, 4.69) is 25.8 Å². The van der Waals surface area contributed by atoms with Crippen molar-refractivity contribution in [2.75, 3.05) is 0 Å². The third-order valence-corrected chi connectivity index (χ3v) is 4.49. The SMILES string of the molecule is O=S(=O)(NCc1ccno1)c1ccc(Br)cc1Cl. The van der Waals surface area contributed by atoms with Crippen LogP contribution in [-0.2, 0) is 16.6 Å². The number of rotatable bonds is 4. The van der Waals surface area contributed by atoms with Crippen molar-refractivity contribution in [2.24, 2.45) is 0 Å². The first-order valence-corrected chi connectivity index (χ1v) is 7.49. The van der Waals surface area contributed by atoms with Gasteiger partial charge in [0.2, 0.25) is 10.0 Å². The third kappa shape index (κ3) is 3.11. The summed E-state index contributed by atoms with van der Waals surface area (Å²) in [6, 6.07) is 6.13. The van der Waals surface area contributed by atoms with Crippen molar-refractivity contribution in [2.45, 2.75) is 11.4 Å². The molecule has 0 atom stereocenters. The molecule has 8 heteroatoms. The van der Waals surface area contributed by atoms with Crippen molar-refractivity contribution < 1.29 is 12.9 Å². The predicted octanol–water partition coefficient (Wildman–Crippen LogP) is 2.57. The molecule has 0 saturated heterocycles. The highest BCUT2D eigenvalue weighted by Crippen LogP contribution is 2.25. The molecule has 0 aliphatic rings. The molecule has 1 N–H and O–H groups in total. The zero-order valence-corrected chi connectivity index (χ0v) is 12.1. The van der Waals surface area contributed by atoms with E-state index in [4.69, 9.17) is 16.1 Å². The van der Waals surface area contributed by atoms with Crippen LogP contribution in [0.1, 0.15) is 5.76 Å². The minimum atomic E-state index is -3.67. The van der Waals surface area contributed by atoms with Crippen LogP contribution in [0.3, 0.4) is 0 Å². The van der Waals surface area contributed by atoms with Gasteiger partial charge in [0, 0.05) is 10.5 Å². The Morgan fingerprint density at radius 3 is 2.78 bits per heavy atom. The summed E-state index contributed by atoms with van der Waals surface area (Å²) in [5.41, 5.74) is 0. The van der Waals surface area contributed by atoms with E-state index in [0.717, 1.165) is 0 Å². The summed E-state index contributed by atoms with van der Waals surface area (Å²) in [7, 11) is -3.67. The van der Waals surface area contributed by atoms with Crippen LogP contribution in [0.4, 0.5) is 0 Å². The molecule has 1 heterocycles. The molecule has 0 aliphatic carbocycles. The first-order valence-electron chi connectivity index (χ1n) is 4.83. The second-order valence-corrected chi connectivity index (χ2v) is 6.44. The number of hydrogen-bond donors (Lipinski definition) is 1. The van der Waals surface area contributed by atoms with Gasteiger partial charge in [0.25, 0.3) is 0 Å². The molecular formula is C10H8BrClN2O3S. The van der Waals surface area contributed by atoms with E-state index in [1.807, 2.05) is 0 Å². The Labute approximate surface area is 117 Å². The summed E-state index contributed by atoms with van der Waals surface area (Å²) < 4.78 is 31.9. The van der Waals surface area contributed by atoms with E-state index >= 15 is 0 Å².